The molecule has 1 amide bonds. The van der Waals surface area contributed by atoms with Crippen molar-refractivity contribution in [1.82, 2.24) is 4.90 Å². The summed E-state index contributed by atoms with van der Waals surface area (Å²) >= 11 is 1.47. The molecule has 0 aliphatic rings. The smallest absolute Gasteiger partial charge is 0.325 e. The van der Waals surface area contributed by atoms with Gasteiger partial charge in [-0.25, -0.2) is 0 Å². The number of hydrogen-bond donors (Lipinski definition) is 0. The van der Waals surface area contributed by atoms with E-state index in [9.17, 15) is 9.59 Å². The maximum atomic E-state index is 12.0. The number of hydrogen-bond acceptors (Lipinski definition) is 4. The van der Waals surface area contributed by atoms with E-state index in [1.807, 2.05) is 12.1 Å². The zero-order valence-electron chi connectivity index (χ0n) is 14.0. The van der Waals surface area contributed by atoms with Gasteiger partial charge in [-0.1, -0.05) is 32.9 Å². The molecule has 0 aliphatic carbocycles. The Balaban J connectivity index is 2.48. The van der Waals surface area contributed by atoms with Crippen molar-refractivity contribution in [2.24, 2.45) is 0 Å². The predicted molar refractivity (Wildman–Crippen MR) is 90.1 cm³/mol. The van der Waals surface area contributed by atoms with Crippen molar-refractivity contribution in [3.05, 3.63) is 29.8 Å². The molecule has 0 saturated heterocycles. The molecule has 0 unspecified atom stereocenters. The lowest BCUT2D eigenvalue weighted by Crippen LogP contribution is -2.34. The van der Waals surface area contributed by atoms with Gasteiger partial charge in [0.1, 0.15) is 6.54 Å². The summed E-state index contributed by atoms with van der Waals surface area (Å²) in [5.41, 5.74) is 1.39. The van der Waals surface area contributed by atoms with Gasteiger partial charge in [-0.2, -0.15) is 0 Å². The molecule has 0 heterocycles. The van der Waals surface area contributed by atoms with E-state index in [4.69, 9.17) is 4.74 Å². The first-order valence-electron chi connectivity index (χ1n) is 7.37. The largest absolute Gasteiger partial charge is 0.465 e. The fourth-order valence-corrected chi connectivity index (χ4v) is 2.63. The molecule has 0 atom stereocenters. The highest BCUT2D eigenvalue weighted by molar-refractivity contribution is 8.00. The number of rotatable bonds is 6. The summed E-state index contributed by atoms with van der Waals surface area (Å²) < 4.78 is 4.83. The Morgan fingerprint density at radius 2 is 1.77 bits per heavy atom. The fourth-order valence-electron chi connectivity index (χ4n) is 1.79. The van der Waals surface area contributed by atoms with Crippen molar-refractivity contribution in [2.75, 3.05) is 26.0 Å². The van der Waals surface area contributed by atoms with E-state index in [-0.39, 0.29) is 23.8 Å². The van der Waals surface area contributed by atoms with Crippen LogP contribution >= 0.6 is 11.8 Å². The van der Waals surface area contributed by atoms with Crippen molar-refractivity contribution in [2.45, 2.75) is 38.0 Å². The minimum Gasteiger partial charge on any atom is -0.465 e. The SMILES string of the molecule is CCOC(=O)CN(C)C(=O)CSc1ccc(C(C)(C)C)cc1. The summed E-state index contributed by atoms with van der Waals surface area (Å²) in [6.07, 6.45) is 0. The number of amides is 1. The molecule has 0 N–H and O–H groups in total. The third-order valence-corrected chi connectivity index (χ3v) is 4.18. The number of carbonyl (C=O) groups is 2. The van der Waals surface area contributed by atoms with E-state index in [0.29, 0.717) is 12.4 Å². The van der Waals surface area contributed by atoms with Crippen LogP contribution in [0.15, 0.2) is 29.2 Å². The Labute approximate surface area is 137 Å². The van der Waals surface area contributed by atoms with Crippen LogP contribution < -0.4 is 0 Å². The number of benzene rings is 1. The number of thioether (sulfide) groups is 1. The summed E-state index contributed by atoms with van der Waals surface area (Å²) in [5, 5.41) is 0. The molecular weight excluding hydrogens is 298 g/mol. The third kappa shape index (κ3) is 6.10. The molecule has 0 aromatic heterocycles. The molecule has 0 saturated carbocycles. The third-order valence-electron chi connectivity index (χ3n) is 3.18. The molecular formula is C17H25NO3S. The van der Waals surface area contributed by atoms with E-state index >= 15 is 0 Å². The fraction of sp³-hybridized carbons (Fsp3) is 0.529. The van der Waals surface area contributed by atoms with Crippen LogP contribution in [0.3, 0.4) is 0 Å². The molecule has 1 aromatic rings. The summed E-state index contributed by atoms with van der Waals surface area (Å²) in [6.45, 7) is 8.58. The second-order valence-electron chi connectivity index (χ2n) is 6.12. The van der Waals surface area contributed by atoms with Crippen LogP contribution in [-0.2, 0) is 19.7 Å². The Morgan fingerprint density at radius 3 is 2.27 bits per heavy atom. The minimum atomic E-state index is -0.377. The molecule has 0 fully saturated rings. The van der Waals surface area contributed by atoms with Gasteiger partial charge >= 0.3 is 5.97 Å². The van der Waals surface area contributed by atoms with Gasteiger partial charge in [-0.3, -0.25) is 9.59 Å². The van der Waals surface area contributed by atoms with Gasteiger partial charge in [0.05, 0.1) is 12.4 Å². The zero-order valence-corrected chi connectivity index (χ0v) is 14.8. The highest BCUT2D eigenvalue weighted by Crippen LogP contribution is 2.25. The quantitative estimate of drug-likeness (QED) is 0.596. The van der Waals surface area contributed by atoms with Gasteiger partial charge in [-0.15, -0.1) is 11.8 Å². The van der Waals surface area contributed by atoms with Crippen molar-refractivity contribution >= 4 is 23.6 Å². The minimum absolute atomic E-state index is 0.00377. The Bertz CT molecular complexity index is 506. The maximum absolute atomic E-state index is 12.0. The second-order valence-corrected chi connectivity index (χ2v) is 7.17. The molecule has 0 aliphatic heterocycles. The Hall–Kier alpha value is -1.49. The predicted octanol–water partition coefficient (Wildman–Crippen LogP) is 3.10. The zero-order chi connectivity index (χ0) is 16.8. The average Bonchev–Trinajstić information content (AvgIpc) is 2.44. The van der Waals surface area contributed by atoms with Gasteiger partial charge in [0.15, 0.2) is 0 Å². The number of nitrogens with zero attached hydrogens (tertiary/aromatic N) is 1. The van der Waals surface area contributed by atoms with E-state index in [1.165, 1.54) is 22.2 Å². The molecule has 5 heteroatoms. The van der Waals surface area contributed by atoms with Crippen molar-refractivity contribution in [3.63, 3.8) is 0 Å². The lowest BCUT2D eigenvalue weighted by Gasteiger charge is -2.19. The molecule has 0 spiro atoms. The highest BCUT2D eigenvalue weighted by Gasteiger charge is 2.15. The van der Waals surface area contributed by atoms with Gasteiger partial charge in [0.25, 0.3) is 0 Å². The van der Waals surface area contributed by atoms with Gasteiger partial charge in [-0.05, 0) is 30.0 Å². The lowest BCUT2D eigenvalue weighted by molar-refractivity contribution is -0.147. The van der Waals surface area contributed by atoms with Crippen LogP contribution in [0.5, 0.6) is 0 Å². The van der Waals surface area contributed by atoms with Crippen molar-refractivity contribution < 1.29 is 14.3 Å². The summed E-state index contributed by atoms with van der Waals surface area (Å²) in [6, 6.07) is 8.25. The topological polar surface area (TPSA) is 46.6 Å². The number of ether oxygens (including phenoxy) is 1. The standard InChI is InChI=1S/C17H25NO3S/c1-6-21-16(20)11-18(5)15(19)12-22-14-9-7-13(8-10-14)17(2,3)4/h7-10H,6,11-12H2,1-5H3. The van der Waals surface area contributed by atoms with Crippen LogP contribution in [0.2, 0.25) is 0 Å². The summed E-state index contributed by atoms with van der Waals surface area (Å²) in [4.78, 5) is 25.8. The Morgan fingerprint density at radius 1 is 1.18 bits per heavy atom. The molecule has 1 rings (SSSR count). The van der Waals surface area contributed by atoms with Crippen LogP contribution in [0.1, 0.15) is 33.3 Å². The number of carbonyl (C=O) groups excluding carboxylic acids is 2. The lowest BCUT2D eigenvalue weighted by atomic mass is 9.87. The van der Waals surface area contributed by atoms with Gasteiger partial charge in [0.2, 0.25) is 5.91 Å². The molecule has 0 radical (unpaired) electrons. The molecule has 22 heavy (non-hydrogen) atoms. The van der Waals surface area contributed by atoms with Crippen LogP contribution in [0.25, 0.3) is 0 Å². The molecule has 0 bridgehead atoms. The first kappa shape index (κ1) is 18.6. The average molecular weight is 323 g/mol. The molecule has 122 valence electrons. The van der Waals surface area contributed by atoms with Crippen LogP contribution in [0.4, 0.5) is 0 Å². The number of esters is 1. The van der Waals surface area contributed by atoms with Crippen molar-refractivity contribution in [3.8, 4) is 0 Å². The first-order chi connectivity index (χ1) is 10.2. The maximum Gasteiger partial charge on any atom is 0.325 e. The van der Waals surface area contributed by atoms with Gasteiger partial charge < -0.3 is 9.64 Å². The van der Waals surface area contributed by atoms with Crippen molar-refractivity contribution in [1.29, 1.82) is 0 Å². The van der Waals surface area contributed by atoms with E-state index < -0.39 is 0 Å². The van der Waals surface area contributed by atoms with Crippen LogP contribution in [0, 0.1) is 0 Å². The first-order valence-corrected chi connectivity index (χ1v) is 8.35. The summed E-state index contributed by atoms with van der Waals surface area (Å²) in [5.74, 6) is -0.152. The van der Waals surface area contributed by atoms with E-state index in [0.717, 1.165) is 4.90 Å². The van der Waals surface area contributed by atoms with E-state index in [1.54, 1.807) is 14.0 Å². The van der Waals surface area contributed by atoms with Gasteiger partial charge in [0, 0.05) is 11.9 Å². The Kier molecular flexibility index (Phi) is 6.94. The molecule has 4 nitrogen and oxygen atoms in total. The second kappa shape index (κ2) is 8.22. The van der Waals surface area contributed by atoms with Crippen LogP contribution in [-0.4, -0.2) is 42.7 Å². The number of likely N-dealkylation sites (N-methyl/N-ethyl adjacent to an activating group) is 1. The normalized spacial score (nSPS) is 11.1. The van der Waals surface area contributed by atoms with E-state index in [2.05, 4.69) is 32.9 Å². The summed E-state index contributed by atoms with van der Waals surface area (Å²) in [7, 11) is 1.61. The highest BCUT2D eigenvalue weighted by atomic mass is 32.2. The molecule has 1 aromatic carbocycles. The monoisotopic (exact) mass is 323 g/mol.